The summed E-state index contributed by atoms with van der Waals surface area (Å²) in [4.78, 5) is 14.3. The molecule has 0 radical (unpaired) electrons. The number of rotatable bonds is 3. The van der Waals surface area contributed by atoms with Gasteiger partial charge < -0.3 is 10.6 Å². The second-order valence-corrected chi connectivity index (χ2v) is 5.30. The highest BCUT2D eigenvalue weighted by Crippen LogP contribution is 2.29. The lowest BCUT2D eigenvalue weighted by molar-refractivity contribution is -0.129. The predicted molar refractivity (Wildman–Crippen MR) is 71.9 cm³/mol. The zero-order chi connectivity index (χ0) is 12.3. The molecule has 1 aliphatic heterocycles. The molecule has 1 saturated heterocycles. The molecule has 0 unspecified atom stereocenters. The van der Waals surface area contributed by atoms with Gasteiger partial charge in [0, 0.05) is 19.1 Å². The Morgan fingerprint density at radius 2 is 2.18 bits per heavy atom. The van der Waals surface area contributed by atoms with Gasteiger partial charge in [-0.15, -0.1) is 11.8 Å². The summed E-state index contributed by atoms with van der Waals surface area (Å²) in [6.45, 7) is 1.49. The maximum Gasteiger partial charge on any atom is 0.240 e. The lowest BCUT2D eigenvalue weighted by Crippen LogP contribution is -2.34. The van der Waals surface area contributed by atoms with E-state index in [0.717, 1.165) is 18.5 Å². The average molecular weight is 250 g/mol. The van der Waals surface area contributed by atoms with Crippen LogP contribution >= 0.6 is 11.8 Å². The van der Waals surface area contributed by atoms with Gasteiger partial charge in [-0.25, -0.2) is 0 Å². The molecule has 17 heavy (non-hydrogen) atoms. The quantitative estimate of drug-likeness (QED) is 0.887. The molecule has 92 valence electrons. The second kappa shape index (κ2) is 5.56. The minimum absolute atomic E-state index is 0.0958. The maximum atomic E-state index is 12.4. The van der Waals surface area contributed by atoms with Crippen LogP contribution in [0.5, 0.6) is 0 Å². The van der Waals surface area contributed by atoms with Crippen molar-refractivity contribution >= 4 is 17.7 Å². The Hall–Kier alpha value is -1.00. The lowest BCUT2D eigenvalue weighted by Gasteiger charge is -2.22. The van der Waals surface area contributed by atoms with Crippen LogP contribution in [-0.2, 0) is 4.79 Å². The van der Waals surface area contributed by atoms with Crippen LogP contribution < -0.4 is 5.73 Å². The second-order valence-electron chi connectivity index (χ2n) is 4.36. The molecule has 2 rings (SSSR count). The molecular weight excluding hydrogens is 232 g/mol. The lowest BCUT2D eigenvalue weighted by atomic mass is 10.1. The summed E-state index contributed by atoms with van der Waals surface area (Å²) >= 11 is 1.59. The van der Waals surface area contributed by atoms with Crippen molar-refractivity contribution in [1.82, 2.24) is 4.90 Å². The first-order chi connectivity index (χ1) is 8.22. The van der Waals surface area contributed by atoms with Gasteiger partial charge in [0.2, 0.25) is 5.91 Å². The molecule has 2 N–H and O–H groups in total. The fourth-order valence-electron chi connectivity index (χ4n) is 2.16. The van der Waals surface area contributed by atoms with Crippen LogP contribution in [0, 0.1) is 0 Å². The van der Waals surface area contributed by atoms with Gasteiger partial charge in [-0.2, -0.15) is 0 Å². The van der Waals surface area contributed by atoms with E-state index in [-0.39, 0.29) is 17.2 Å². The molecule has 0 saturated carbocycles. The molecule has 3 nitrogen and oxygen atoms in total. The van der Waals surface area contributed by atoms with Crippen molar-refractivity contribution in [2.24, 2.45) is 5.73 Å². The molecule has 1 aromatic rings. The van der Waals surface area contributed by atoms with Crippen molar-refractivity contribution in [2.45, 2.75) is 17.7 Å². The van der Waals surface area contributed by atoms with Crippen molar-refractivity contribution in [3.05, 3.63) is 35.9 Å². The molecule has 1 amide bonds. The van der Waals surface area contributed by atoms with Crippen LogP contribution in [0.2, 0.25) is 0 Å². The molecule has 0 aliphatic carbocycles. The highest BCUT2D eigenvalue weighted by atomic mass is 32.2. The Labute approximate surface area is 106 Å². The third-order valence-corrected chi connectivity index (χ3v) is 4.04. The largest absolute Gasteiger partial charge is 0.340 e. The van der Waals surface area contributed by atoms with E-state index in [9.17, 15) is 4.79 Å². The minimum atomic E-state index is -0.0958. The summed E-state index contributed by atoms with van der Waals surface area (Å²) in [5.74, 6) is 0.191. The SMILES string of the molecule is CS[C@@H](C(=O)N1CC[C@H](N)C1)c1ccccc1. The van der Waals surface area contributed by atoms with Gasteiger partial charge in [-0.1, -0.05) is 30.3 Å². The van der Waals surface area contributed by atoms with Gasteiger partial charge in [0.25, 0.3) is 0 Å². The summed E-state index contributed by atoms with van der Waals surface area (Å²) in [6.07, 6.45) is 2.90. The van der Waals surface area contributed by atoms with Gasteiger partial charge in [0.05, 0.1) is 0 Å². The number of thioether (sulfide) groups is 1. The Morgan fingerprint density at radius 1 is 1.47 bits per heavy atom. The number of hydrogen-bond acceptors (Lipinski definition) is 3. The monoisotopic (exact) mass is 250 g/mol. The summed E-state index contributed by atoms with van der Waals surface area (Å²) in [7, 11) is 0. The average Bonchev–Trinajstić information content (AvgIpc) is 2.78. The molecule has 1 heterocycles. The number of hydrogen-bond donors (Lipinski definition) is 1. The Bertz CT molecular complexity index is 382. The van der Waals surface area contributed by atoms with Gasteiger partial charge in [-0.3, -0.25) is 4.79 Å². The first-order valence-electron chi connectivity index (χ1n) is 5.84. The van der Waals surface area contributed by atoms with Gasteiger partial charge in [0.15, 0.2) is 0 Å². The number of nitrogens with zero attached hydrogens (tertiary/aromatic N) is 1. The summed E-state index contributed by atoms with van der Waals surface area (Å²) in [5, 5.41) is -0.0958. The fourth-order valence-corrected chi connectivity index (χ4v) is 2.94. The molecule has 1 fully saturated rings. The van der Waals surface area contributed by atoms with Crippen LogP contribution in [-0.4, -0.2) is 36.2 Å². The standard InChI is InChI=1S/C13H18N2OS/c1-17-12(10-5-3-2-4-6-10)13(16)15-8-7-11(14)9-15/h2-6,11-12H,7-9,14H2,1H3/t11-,12+/m0/s1. The van der Waals surface area contributed by atoms with Crippen LogP contribution in [0.3, 0.4) is 0 Å². The molecule has 0 spiro atoms. The molecule has 4 heteroatoms. The van der Waals surface area contributed by atoms with Crippen molar-refractivity contribution in [3.63, 3.8) is 0 Å². The predicted octanol–water partition coefficient (Wildman–Crippen LogP) is 1.65. The van der Waals surface area contributed by atoms with E-state index < -0.39 is 0 Å². The van der Waals surface area contributed by atoms with E-state index in [4.69, 9.17) is 5.73 Å². The van der Waals surface area contributed by atoms with E-state index in [2.05, 4.69) is 0 Å². The van der Waals surface area contributed by atoms with Crippen LogP contribution in [0.1, 0.15) is 17.2 Å². The first-order valence-corrected chi connectivity index (χ1v) is 7.13. The zero-order valence-electron chi connectivity index (χ0n) is 10.0. The number of carbonyl (C=O) groups is 1. The molecule has 0 aromatic heterocycles. The van der Waals surface area contributed by atoms with Crippen molar-refractivity contribution in [3.8, 4) is 0 Å². The Balaban J connectivity index is 2.11. The Morgan fingerprint density at radius 3 is 2.71 bits per heavy atom. The third kappa shape index (κ3) is 2.82. The highest BCUT2D eigenvalue weighted by Gasteiger charge is 2.29. The number of amides is 1. The molecule has 2 atom stereocenters. The normalized spacial score (nSPS) is 21.5. The van der Waals surface area contributed by atoms with Crippen molar-refractivity contribution in [1.29, 1.82) is 0 Å². The summed E-state index contributed by atoms with van der Waals surface area (Å²) < 4.78 is 0. The minimum Gasteiger partial charge on any atom is -0.340 e. The first kappa shape index (κ1) is 12.5. The van der Waals surface area contributed by atoms with Gasteiger partial charge in [0.1, 0.15) is 5.25 Å². The van der Waals surface area contributed by atoms with Crippen LogP contribution in [0.25, 0.3) is 0 Å². The van der Waals surface area contributed by atoms with Gasteiger partial charge >= 0.3 is 0 Å². The molecule has 1 aromatic carbocycles. The van der Waals surface area contributed by atoms with E-state index >= 15 is 0 Å². The smallest absolute Gasteiger partial charge is 0.240 e. The fraction of sp³-hybridized carbons (Fsp3) is 0.462. The number of nitrogens with two attached hydrogens (primary N) is 1. The Kier molecular flexibility index (Phi) is 4.07. The molecule has 0 bridgehead atoms. The van der Waals surface area contributed by atoms with Crippen LogP contribution in [0.15, 0.2) is 30.3 Å². The van der Waals surface area contributed by atoms with Gasteiger partial charge in [-0.05, 0) is 18.2 Å². The molecular formula is C13H18N2OS. The number of likely N-dealkylation sites (tertiary alicyclic amines) is 1. The highest BCUT2D eigenvalue weighted by molar-refractivity contribution is 7.99. The van der Waals surface area contributed by atoms with Crippen molar-refractivity contribution < 1.29 is 4.79 Å². The third-order valence-electron chi connectivity index (χ3n) is 3.10. The number of carbonyl (C=O) groups excluding carboxylic acids is 1. The summed E-state index contributed by atoms with van der Waals surface area (Å²) in [5.41, 5.74) is 6.92. The van der Waals surface area contributed by atoms with E-state index in [1.807, 2.05) is 41.5 Å². The maximum absolute atomic E-state index is 12.4. The van der Waals surface area contributed by atoms with Crippen LogP contribution in [0.4, 0.5) is 0 Å². The van der Waals surface area contributed by atoms with Crippen molar-refractivity contribution in [2.75, 3.05) is 19.3 Å². The summed E-state index contributed by atoms with van der Waals surface area (Å²) in [6, 6.07) is 10.1. The number of benzene rings is 1. The zero-order valence-corrected chi connectivity index (χ0v) is 10.8. The topological polar surface area (TPSA) is 46.3 Å². The van der Waals surface area contributed by atoms with E-state index in [1.165, 1.54) is 0 Å². The van der Waals surface area contributed by atoms with E-state index in [1.54, 1.807) is 11.8 Å². The molecule has 1 aliphatic rings. The van der Waals surface area contributed by atoms with E-state index in [0.29, 0.717) is 6.54 Å².